The van der Waals surface area contributed by atoms with E-state index in [1.807, 2.05) is 12.1 Å². The Morgan fingerprint density at radius 2 is 1.31 bits per heavy atom. The predicted octanol–water partition coefficient (Wildman–Crippen LogP) is 7.97. The minimum absolute atomic E-state index is 0.00370. The van der Waals surface area contributed by atoms with Gasteiger partial charge in [-0.05, 0) is 63.3 Å². The van der Waals surface area contributed by atoms with Crippen LogP contribution in [0.25, 0.3) is 0 Å². The molecule has 0 amide bonds. The third kappa shape index (κ3) is 5.45. The Kier molecular flexibility index (Phi) is 6.17. The zero-order chi connectivity index (χ0) is 24.1. The van der Waals surface area contributed by atoms with E-state index >= 15 is 0 Å². The number of benzene rings is 2. The number of fused-ring (bicyclic) bond motifs is 1. The van der Waals surface area contributed by atoms with Crippen molar-refractivity contribution in [1.29, 1.82) is 0 Å². The molecule has 0 saturated heterocycles. The summed E-state index contributed by atoms with van der Waals surface area (Å²) >= 11 is 0. The third-order valence-corrected chi connectivity index (χ3v) is 6.41. The lowest BCUT2D eigenvalue weighted by Crippen LogP contribution is -2.25. The van der Waals surface area contributed by atoms with Crippen LogP contribution in [0.2, 0.25) is 0 Å². The van der Waals surface area contributed by atoms with Crippen molar-refractivity contribution in [3.05, 3.63) is 64.7 Å². The van der Waals surface area contributed by atoms with Gasteiger partial charge < -0.3 is 4.74 Å². The molecule has 1 aliphatic rings. The first-order chi connectivity index (χ1) is 14.5. The summed E-state index contributed by atoms with van der Waals surface area (Å²) in [6.07, 6.45) is 2.11. The number of ether oxygens (including phenoxy) is 1. The number of hydrogen-bond acceptors (Lipinski definition) is 2. The summed E-state index contributed by atoms with van der Waals surface area (Å²) in [5.41, 5.74) is 4.80. The van der Waals surface area contributed by atoms with Gasteiger partial charge in [0.15, 0.2) is 0 Å². The normalized spacial score (nSPS) is 17.3. The Labute approximate surface area is 195 Å². The van der Waals surface area contributed by atoms with E-state index in [9.17, 15) is 4.79 Å². The second-order valence-electron chi connectivity index (χ2n) is 13.4. The number of rotatable bonds is 5. The molecule has 0 spiro atoms. The Hall–Kier alpha value is -2.09. The Morgan fingerprint density at radius 1 is 0.781 bits per heavy atom. The van der Waals surface area contributed by atoms with E-state index in [0.717, 1.165) is 24.0 Å². The van der Waals surface area contributed by atoms with Crippen molar-refractivity contribution < 1.29 is 9.53 Å². The van der Waals surface area contributed by atoms with Crippen LogP contribution in [-0.2, 0) is 15.6 Å². The molecule has 2 heteroatoms. The first kappa shape index (κ1) is 24.6. The fraction of sp³-hybridized carbons (Fsp3) is 0.567. The van der Waals surface area contributed by atoms with Crippen molar-refractivity contribution >= 4 is 5.97 Å². The van der Waals surface area contributed by atoms with E-state index in [1.165, 1.54) is 11.1 Å². The largest absolute Gasteiger partial charge is 0.425 e. The van der Waals surface area contributed by atoms with Gasteiger partial charge in [-0.2, -0.15) is 0 Å². The zero-order valence-electron chi connectivity index (χ0n) is 21.8. The number of esters is 1. The number of carbonyl (C=O) groups excluding carboxylic acids is 1. The summed E-state index contributed by atoms with van der Waals surface area (Å²) < 4.78 is 5.69. The van der Waals surface area contributed by atoms with Crippen LogP contribution in [0, 0.1) is 16.9 Å². The molecule has 1 heterocycles. The smallest absolute Gasteiger partial charge is 0.323 e. The standard InChI is InChI=1S/C30H41O2/c1-27(2,3)18-29(7,8)21-13-11-12-20(16-21)25-23-17-22(14-15-24(23)32-26(25)31)30(9,10)19-28(4,5)6/h11,13-17,25H,18-19H2,1-10H3. The van der Waals surface area contributed by atoms with Gasteiger partial charge >= 0.3 is 5.97 Å². The summed E-state index contributed by atoms with van der Waals surface area (Å²) in [6.45, 7) is 22.8. The van der Waals surface area contributed by atoms with Crippen LogP contribution in [0.3, 0.4) is 0 Å². The predicted molar refractivity (Wildman–Crippen MR) is 133 cm³/mol. The highest BCUT2D eigenvalue weighted by atomic mass is 16.5. The molecule has 0 aromatic heterocycles. The maximum absolute atomic E-state index is 13.0. The molecule has 1 unspecified atom stereocenters. The van der Waals surface area contributed by atoms with Crippen LogP contribution >= 0.6 is 0 Å². The van der Waals surface area contributed by atoms with Gasteiger partial charge in [0.05, 0.1) is 0 Å². The lowest BCUT2D eigenvalue weighted by atomic mass is 9.71. The molecule has 1 atom stereocenters. The van der Waals surface area contributed by atoms with E-state index < -0.39 is 5.92 Å². The fourth-order valence-corrected chi connectivity index (χ4v) is 5.81. The van der Waals surface area contributed by atoms with Gasteiger partial charge in [0, 0.05) is 5.56 Å². The van der Waals surface area contributed by atoms with Gasteiger partial charge in [0.2, 0.25) is 0 Å². The van der Waals surface area contributed by atoms with Crippen LogP contribution in [0.1, 0.15) is 110 Å². The van der Waals surface area contributed by atoms with Crippen molar-refractivity contribution in [2.45, 2.75) is 98.8 Å². The second kappa shape index (κ2) is 8.04. The monoisotopic (exact) mass is 433 g/mol. The Balaban J connectivity index is 2.01. The minimum Gasteiger partial charge on any atom is -0.425 e. The van der Waals surface area contributed by atoms with E-state index in [2.05, 4.69) is 99.6 Å². The SMILES string of the molecule is CC(C)(C)CC(C)(C)c1cc[c]c(C2C(=O)Oc3ccc(C(C)(C)CC(C)(C)C)cc32)c1. The minimum atomic E-state index is -0.416. The first-order valence-corrected chi connectivity index (χ1v) is 11.9. The maximum atomic E-state index is 13.0. The third-order valence-electron chi connectivity index (χ3n) is 6.41. The van der Waals surface area contributed by atoms with Crippen LogP contribution < -0.4 is 4.74 Å². The van der Waals surface area contributed by atoms with Gasteiger partial charge in [0.25, 0.3) is 0 Å². The maximum Gasteiger partial charge on any atom is 0.323 e. The van der Waals surface area contributed by atoms with Crippen molar-refractivity contribution in [2.75, 3.05) is 0 Å². The van der Waals surface area contributed by atoms with Crippen molar-refractivity contribution in [3.63, 3.8) is 0 Å². The van der Waals surface area contributed by atoms with Crippen LogP contribution in [0.15, 0.2) is 36.4 Å². The van der Waals surface area contributed by atoms with Gasteiger partial charge in [-0.25, -0.2) is 0 Å². The second-order valence-corrected chi connectivity index (χ2v) is 13.4. The van der Waals surface area contributed by atoms with Crippen LogP contribution in [0.4, 0.5) is 0 Å². The molecule has 32 heavy (non-hydrogen) atoms. The topological polar surface area (TPSA) is 26.3 Å². The molecule has 2 nitrogen and oxygen atoms in total. The summed E-state index contributed by atoms with van der Waals surface area (Å²) in [7, 11) is 0. The van der Waals surface area contributed by atoms with Gasteiger partial charge in [-0.1, -0.05) is 99.6 Å². The Morgan fingerprint density at radius 3 is 1.84 bits per heavy atom. The van der Waals surface area contributed by atoms with Crippen molar-refractivity contribution in [1.82, 2.24) is 0 Å². The van der Waals surface area contributed by atoms with Crippen molar-refractivity contribution in [3.8, 4) is 5.75 Å². The molecule has 0 aliphatic carbocycles. The molecule has 0 N–H and O–H groups in total. The molecule has 0 fully saturated rings. The molecule has 1 aliphatic heterocycles. The zero-order valence-corrected chi connectivity index (χ0v) is 21.8. The van der Waals surface area contributed by atoms with Crippen LogP contribution in [-0.4, -0.2) is 5.97 Å². The van der Waals surface area contributed by atoms with Gasteiger partial charge in [0.1, 0.15) is 11.7 Å². The number of carbonyl (C=O) groups is 1. The summed E-state index contributed by atoms with van der Waals surface area (Å²) in [4.78, 5) is 13.0. The van der Waals surface area contributed by atoms with E-state index in [0.29, 0.717) is 5.75 Å². The lowest BCUT2D eigenvalue weighted by Gasteiger charge is -2.33. The highest BCUT2D eigenvalue weighted by molar-refractivity contribution is 5.89. The molecule has 173 valence electrons. The Bertz CT molecular complexity index is 996. The van der Waals surface area contributed by atoms with Crippen molar-refractivity contribution in [2.24, 2.45) is 10.8 Å². The average Bonchev–Trinajstić information content (AvgIpc) is 2.92. The quantitative estimate of drug-likeness (QED) is 0.353. The summed E-state index contributed by atoms with van der Waals surface area (Å²) in [6, 6.07) is 15.9. The molecule has 1 radical (unpaired) electrons. The molecular weight excluding hydrogens is 392 g/mol. The highest BCUT2D eigenvalue weighted by Gasteiger charge is 2.37. The van der Waals surface area contributed by atoms with Gasteiger partial charge in [-0.15, -0.1) is 0 Å². The molecule has 2 aromatic rings. The van der Waals surface area contributed by atoms with E-state index in [4.69, 9.17) is 4.74 Å². The van der Waals surface area contributed by atoms with E-state index in [1.54, 1.807) is 0 Å². The van der Waals surface area contributed by atoms with Gasteiger partial charge in [-0.3, -0.25) is 4.79 Å². The molecule has 2 aromatic carbocycles. The lowest BCUT2D eigenvalue weighted by molar-refractivity contribution is -0.133. The summed E-state index contributed by atoms with van der Waals surface area (Å²) in [5, 5.41) is 0. The highest BCUT2D eigenvalue weighted by Crippen LogP contribution is 2.44. The molecule has 3 rings (SSSR count). The molecule has 0 saturated carbocycles. The first-order valence-electron chi connectivity index (χ1n) is 11.9. The molecular formula is C30H41O2. The average molecular weight is 434 g/mol. The number of hydrogen-bond donors (Lipinski definition) is 0. The van der Waals surface area contributed by atoms with Crippen LogP contribution in [0.5, 0.6) is 5.75 Å². The summed E-state index contributed by atoms with van der Waals surface area (Å²) in [5.74, 6) is 0.0663. The fourth-order valence-electron chi connectivity index (χ4n) is 5.81. The van der Waals surface area contributed by atoms with E-state index in [-0.39, 0.29) is 27.6 Å². The molecule has 0 bridgehead atoms.